The quantitative estimate of drug-likeness (QED) is 0.340. The van der Waals surface area contributed by atoms with Crippen molar-refractivity contribution < 1.29 is 9.53 Å². The van der Waals surface area contributed by atoms with E-state index in [1.807, 2.05) is 0 Å². The maximum absolute atomic E-state index is 11.3. The van der Waals surface area contributed by atoms with Gasteiger partial charge in [0.25, 0.3) is 0 Å². The van der Waals surface area contributed by atoms with Gasteiger partial charge in [-0.3, -0.25) is 4.98 Å². The SMILES string of the molecule is C[Si](C)(C)CC#CC(=O)Oc1cccnc1. The Morgan fingerprint density at radius 2 is 2.25 bits per heavy atom. The van der Waals surface area contributed by atoms with Crippen molar-refractivity contribution in [1.29, 1.82) is 0 Å². The molecular formula is C12H15NO2Si. The Balaban J connectivity index is 2.49. The monoisotopic (exact) mass is 233 g/mol. The third-order valence-corrected chi connectivity index (χ3v) is 2.89. The summed E-state index contributed by atoms with van der Waals surface area (Å²) in [5.41, 5.74) is 0. The van der Waals surface area contributed by atoms with Gasteiger partial charge < -0.3 is 4.74 Å². The maximum Gasteiger partial charge on any atom is 0.389 e. The number of pyridine rings is 1. The summed E-state index contributed by atoms with van der Waals surface area (Å²) in [7, 11) is -1.21. The summed E-state index contributed by atoms with van der Waals surface area (Å²) in [6.07, 6.45) is 3.10. The Hall–Kier alpha value is -1.60. The molecule has 1 aromatic rings. The number of nitrogens with zero attached hydrogens (tertiary/aromatic N) is 1. The third kappa shape index (κ3) is 5.32. The molecule has 0 N–H and O–H groups in total. The standard InChI is InChI=1S/C12H15NO2Si/c1-16(2,3)9-5-7-12(14)15-11-6-4-8-13-10-11/h4,6,8,10H,9H2,1-3H3. The highest BCUT2D eigenvalue weighted by Gasteiger charge is 2.10. The highest BCUT2D eigenvalue weighted by molar-refractivity contribution is 6.76. The number of carbonyl (C=O) groups excluding carboxylic acids is 1. The molecule has 1 aromatic heterocycles. The van der Waals surface area contributed by atoms with Crippen LogP contribution < -0.4 is 4.74 Å². The molecular weight excluding hydrogens is 218 g/mol. The lowest BCUT2D eigenvalue weighted by Gasteiger charge is -2.09. The van der Waals surface area contributed by atoms with E-state index in [2.05, 4.69) is 36.5 Å². The van der Waals surface area contributed by atoms with Gasteiger partial charge in [0.2, 0.25) is 0 Å². The van der Waals surface area contributed by atoms with Crippen molar-refractivity contribution >= 4 is 14.0 Å². The van der Waals surface area contributed by atoms with E-state index in [0.717, 1.165) is 6.04 Å². The van der Waals surface area contributed by atoms with E-state index in [0.29, 0.717) is 5.75 Å². The summed E-state index contributed by atoms with van der Waals surface area (Å²) in [4.78, 5) is 15.1. The Bertz CT molecular complexity index is 412. The van der Waals surface area contributed by atoms with Gasteiger partial charge in [-0.1, -0.05) is 25.6 Å². The van der Waals surface area contributed by atoms with Crippen LogP contribution in [0.4, 0.5) is 0 Å². The molecule has 0 saturated carbocycles. The zero-order chi connectivity index (χ0) is 12.0. The molecule has 0 bridgehead atoms. The van der Waals surface area contributed by atoms with Crippen LogP contribution in [0.2, 0.25) is 25.7 Å². The van der Waals surface area contributed by atoms with Crippen molar-refractivity contribution in [3.8, 4) is 17.6 Å². The minimum absolute atomic E-state index is 0.426. The van der Waals surface area contributed by atoms with Gasteiger partial charge in [-0.25, -0.2) is 4.79 Å². The second-order valence-electron chi connectivity index (χ2n) is 4.62. The topological polar surface area (TPSA) is 39.2 Å². The summed E-state index contributed by atoms with van der Waals surface area (Å²) >= 11 is 0. The average Bonchev–Trinajstić information content (AvgIpc) is 2.17. The van der Waals surface area contributed by atoms with Gasteiger partial charge in [0.15, 0.2) is 0 Å². The lowest BCUT2D eigenvalue weighted by Crippen LogP contribution is -2.17. The number of esters is 1. The molecule has 0 aliphatic carbocycles. The number of rotatable bonds is 2. The van der Waals surface area contributed by atoms with E-state index in [9.17, 15) is 4.79 Å². The summed E-state index contributed by atoms with van der Waals surface area (Å²) in [5, 5.41) is 0. The predicted octanol–water partition coefficient (Wildman–Crippen LogP) is 2.33. The molecule has 0 unspecified atom stereocenters. The third-order valence-electron chi connectivity index (χ3n) is 1.65. The summed E-state index contributed by atoms with van der Waals surface area (Å²) < 4.78 is 4.97. The number of hydrogen-bond acceptors (Lipinski definition) is 3. The van der Waals surface area contributed by atoms with E-state index >= 15 is 0 Å². The van der Waals surface area contributed by atoms with Gasteiger partial charge in [0.1, 0.15) is 5.75 Å². The van der Waals surface area contributed by atoms with Gasteiger partial charge in [-0.2, -0.15) is 0 Å². The van der Waals surface area contributed by atoms with Crippen LogP contribution in [0.3, 0.4) is 0 Å². The fourth-order valence-electron chi connectivity index (χ4n) is 0.922. The van der Waals surface area contributed by atoms with Crippen LogP contribution in [0, 0.1) is 11.8 Å². The van der Waals surface area contributed by atoms with Crippen molar-refractivity contribution in [2.24, 2.45) is 0 Å². The molecule has 0 saturated heterocycles. The summed E-state index contributed by atoms with van der Waals surface area (Å²) in [6.45, 7) is 6.61. The first-order valence-electron chi connectivity index (χ1n) is 5.08. The molecule has 0 radical (unpaired) electrons. The smallest absolute Gasteiger partial charge is 0.389 e. The van der Waals surface area contributed by atoms with Crippen molar-refractivity contribution in [3.63, 3.8) is 0 Å². The molecule has 3 nitrogen and oxygen atoms in total. The molecule has 4 heteroatoms. The first kappa shape index (κ1) is 12.5. The molecule has 0 amide bonds. The number of carbonyl (C=O) groups is 1. The first-order chi connectivity index (χ1) is 7.47. The molecule has 84 valence electrons. The molecule has 1 rings (SSSR count). The molecule has 0 spiro atoms. The van der Waals surface area contributed by atoms with E-state index in [4.69, 9.17) is 4.74 Å². The van der Waals surface area contributed by atoms with E-state index in [-0.39, 0.29) is 0 Å². The van der Waals surface area contributed by atoms with Crippen LogP contribution in [0.1, 0.15) is 0 Å². The van der Waals surface area contributed by atoms with Gasteiger partial charge in [0, 0.05) is 18.2 Å². The Morgan fingerprint density at radius 1 is 1.50 bits per heavy atom. The van der Waals surface area contributed by atoms with Crippen LogP contribution in [-0.4, -0.2) is 19.0 Å². The predicted molar refractivity (Wildman–Crippen MR) is 65.8 cm³/mol. The minimum atomic E-state index is -1.21. The Kier molecular flexibility index (Phi) is 4.26. The highest BCUT2D eigenvalue weighted by Crippen LogP contribution is 2.07. The van der Waals surface area contributed by atoms with Crippen LogP contribution in [0.25, 0.3) is 0 Å². The molecule has 1 heterocycles. The Morgan fingerprint density at radius 3 is 2.81 bits per heavy atom. The van der Waals surface area contributed by atoms with Crippen molar-refractivity contribution in [1.82, 2.24) is 4.98 Å². The van der Waals surface area contributed by atoms with E-state index in [1.165, 1.54) is 6.20 Å². The lowest BCUT2D eigenvalue weighted by molar-refractivity contribution is -0.128. The Labute approximate surface area is 96.9 Å². The van der Waals surface area contributed by atoms with Crippen LogP contribution >= 0.6 is 0 Å². The fourth-order valence-corrected chi connectivity index (χ4v) is 1.54. The molecule has 0 aromatic carbocycles. The summed E-state index contributed by atoms with van der Waals surface area (Å²) in [6, 6.07) is 4.18. The maximum atomic E-state index is 11.3. The second kappa shape index (κ2) is 5.47. The van der Waals surface area contributed by atoms with Gasteiger partial charge in [-0.05, 0) is 12.1 Å². The number of aromatic nitrogens is 1. The molecule has 0 aliphatic rings. The summed E-state index contributed by atoms with van der Waals surface area (Å²) in [5.74, 6) is 5.25. The van der Waals surface area contributed by atoms with E-state index in [1.54, 1.807) is 18.3 Å². The molecule has 0 aliphatic heterocycles. The number of ether oxygens (including phenoxy) is 1. The normalized spacial score (nSPS) is 10.2. The van der Waals surface area contributed by atoms with Crippen LogP contribution in [0.5, 0.6) is 5.75 Å². The highest BCUT2D eigenvalue weighted by atomic mass is 28.3. The van der Waals surface area contributed by atoms with Crippen LogP contribution in [0.15, 0.2) is 24.5 Å². The number of hydrogen-bond donors (Lipinski definition) is 0. The average molecular weight is 233 g/mol. The first-order valence-corrected chi connectivity index (χ1v) is 8.79. The largest absolute Gasteiger partial charge is 0.415 e. The molecule has 0 fully saturated rings. The zero-order valence-corrected chi connectivity index (χ0v) is 10.8. The van der Waals surface area contributed by atoms with Crippen molar-refractivity contribution in [2.75, 3.05) is 0 Å². The lowest BCUT2D eigenvalue weighted by atomic mass is 10.5. The fraction of sp³-hybridized carbons (Fsp3) is 0.333. The van der Waals surface area contributed by atoms with Gasteiger partial charge in [-0.15, -0.1) is 0 Å². The van der Waals surface area contributed by atoms with Gasteiger partial charge >= 0.3 is 5.97 Å². The molecule has 0 atom stereocenters. The molecule has 16 heavy (non-hydrogen) atoms. The zero-order valence-electron chi connectivity index (χ0n) is 9.78. The van der Waals surface area contributed by atoms with Crippen LogP contribution in [-0.2, 0) is 4.79 Å². The second-order valence-corrected chi connectivity index (χ2v) is 10.1. The van der Waals surface area contributed by atoms with Gasteiger partial charge in [0.05, 0.1) is 14.3 Å². The van der Waals surface area contributed by atoms with Crippen molar-refractivity contribution in [3.05, 3.63) is 24.5 Å². The van der Waals surface area contributed by atoms with Crippen molar-refractivity contribution in [2.45, 2.75) is 25.7 Å². The minimum Gasteiger partial charge on any atom is -0.415 e. The van der Waals surface area contributed by atoms with E-state index < -0.39 is 14.0 Å².